The van der Waals surface area contributed by atoms with Crippen molar-refractivity contribution >= 4 is 11.3 Å². The van der Waals surface area contributed by atoms with E-state index in [1.165, 1.54) is 30.4 Å². The lowest BCUT2D eigenvalue weighted by molar-refractivity contribution is 0.420. The fourth-order valence-corrected chi connectivity index (χ4v) is 2.52. The average molecular weight is 216 g/mol. The molecule has 2 aromatic rings. The van der Waals surface area contributed by atoms with Gasteiger partial charge in [-0.25, -0.2) is 0 Å². The van der Waals surface area contributed by atoms with E-state index in [-0.39, 0.29) is 0 Å². The van der Waals surface area contributed by atoms with E-state index >= 15 is 0 Å². The summed E-state index contributed by atoms with van der Waals surface area (Å²) in [6.45, 7) is 0. The lowest BCUT2D eigenvalue weighted by Crippen LogP contribution is -2.08. The summed E-state index contributed by atoms with van der Waals surface area (Å²) in [7, 11) is 0. The Labute approximate surface area is 93.0 Å². The monoisotopic (exact) mass is 216 g/mol. The molecule has 0 aliphatic heterocycles. The van der Waals surface area contributed by atoms with E-state index in [1.807, 2.05) is 0 Å². The molecule has 0 unspecified atom stereocenters. The molecular weight excluding hydrogens is 204 g/mol. The first kappa shape index (κ1) is 9.04. The van der Waals surface area contributed by atoms with Crippen LogP contribution in [0.1, 0.15) is 30.7 Å². The van der Waals surface area contributed by atoms with Crippen molar-refractivity contribution in [3.05, 3.63) is 35.3 Å². The maximum atomic E-state index is 4.10. The molecule has 76 valence electrons. The van der Waals surface area contributed by atoms with Crippen LogP contribution >= 0.6 is 11.3 Å². The van der Waals surface area contributed by atoms with Gasteiger partial charge in [-0.1, -0.05) is 36.0 Å². The molecule has 0 saturated heterocycles. The van der Waals surface area contributed by atoms with Gasteiger partial charge in [-0.2, -0.15) is 0 Å². The first-order chi connectivity index (χ1) is 7.43. The minimum Gasteiger partial charge on any atom is -0.147 e. The number of aromatic nitrogens is 2. The van der Waals surface area contributed by atoms with E-state index < -0.39 is 0 Å². The van der Waals surface area contributed by atoms with Crippen molar-refractivity contribution in [2.45, 2.75) is 25.2 Å². The van der Waals surface area contributed by atoms with Crippen molar-refractivity contribution in [2.75, 3.05) is 0 Å². The molecule has 1 aromatic carbocycles. The third-order valence-electron chi connectivity index (χ3n) is 3.07. The van der Waals surface area contributed by atoms with Crippen LogP contribution in [0, 0.1) is 0 Å². The summed E-state index contributed by atoms with van der Waals surface area (Å²) in [5.74, 6) is 0.790. The van der Waals surface area contributed by atoms with Gasteiger partial charge in [-0.05, 0) is 30.4 Å². The molecular formula is C12H12N2S. The maximum absolute atomic E-state index is 4.10. The van der Waals surface area contributed by atoms with Gasteiger partial charge >= 0.3 is 0 Å². The normalized spacial score (nSPS) is 16.3. The van der Waals surface area contributed by atoms with E-state index in [0.29, 0.717) is 0 Å². The molecule has 0 amide bonds. The molecule has 15 heavy (non-hydrogen) atoms. The van der Waals surface area contributed by atoms with Gasteiger partial charge in [0.15, 0.2) is 0 Å². The fourth-order valence-electron chi connectivity index (χ4n) is 1.97. The second-order valence-corrected chi connectivity index (χ2v) is 4.83. The summed E-state index contributed by atoms with van der Waals surface area (Å²) in [6.07, 6.45) is 4.08. The number of hydrogen-bond donors (Lipinski definition) is 0. The first-order valence-corrected chi connectivity index (χ1v) is 6.18. The largest absolute Gasteiger partial charge is 0.147 e. The highest BCUT2D eigenvalue weighted by Crippen LogP contribution is 2.37. The topological polar surface area (TPSA) is 25.8 Å². The van der Waals surface area contributed by atoms with E-state index in [1.54, 1.807) is 16.8 Å². The van der Waals surface area contributed by atoms with Gasteiger partial charge in [-0.3, -0.25) is 0 Å². The van der Waals surface area contributed by atoms with Gasteiger partial charge < -0.3 is 0 Å². The van der Waals surface area contributed by atoms with E-state index in [9.17, 15) is 0 Å². The molecule has 3 rings (SSSR count). The second-order valence-electron chi connectivity index (χ2n) is 4.00. The predicted octanol–water partition coefficient (Wildman–Crippen LogP) is 3.47. The summed E-state index contributed by atoms with van der Waals surface area (Å²) in [5.41, 5.74) is 4.46. The molecule has 1 saturated carbocycles. The molecule has 1 aliphatic rings. The van der Waals surface area contributed by atoms with Gasteiger partial charge in [0.2, 0.25) is 0 Å². The standard InChI is InChI=1S/C12H12N2S/c1-3-9(4-1)10-5-2-6-11(7-10)12-14-13-8-15-12/h2,5-9H,1,3-4H2. The van der Waals surface area contributed by atoms with Crippen LogP contribution in [0.5, 0.6) is 0 Å². The molecule has 2 nitrogen and oxygen atoms in total. The predicted molar refractivity (Wildman–Crippen MR) is 61.9 cm³/mol. The lowest BCUT2D eigenvalue weighted by atomic mass is 9.80. The van der Waals surface area contributed by atoms with Crippen LogP contribution in [-0.4, -0.2) is 10.2 Å². The Hall–Kier alpha value is -1.22. The molecule has 1 fully saturated rings. The molecule has 1 aromatic heterocycles. The van der Waals surface area contributed by atoms with Crippen molar-refractivity contribution in [2.24, 2.45) is 0 Å². The zero-order valence-corrected chi connectivity index (χ0v) is 9.20. The highest BCUT2D eigenvalue weighted by atomic mass is 32.1. The number of benzene rings is 1. The molecule has 1 aliphatic carbocycles. The Balaban J connectivity index is 1.95. The van der Waals surface area contributed by atoms with Gasteiger partial charge in [0.1, 0.15) is 10.5 Å². The quantitative estimate of drug-likeness (QED) is 0.768. The zero-order valence-electron chi connectivity index (χ0n) is 8.39. The third kappa shape index (κ3) is 1.67. The highest BCUT2D eigenvalue weighted by Gasteiger charge is 2.19. The average Bonchev–Trinajstić information content (AvgIpc) is 2.68. The Morgan fingerprint density at radius 3 is 2.87 bits per heavy atom. The molecule has 0 atom stereocenters. The molecule has 0 N–H and O–H groups in total. The first-order valence-electron chi connectivity index (χ1n) is 5.30. The van der Waals surface area contributed by atoms with Gasteiger partial charge in [0, 0.05) is 5.56 Å². The van der Waals surface area contributed by atoms with Crippen molar-refractivity contribution < 1.29 is 0 Å². The summed E-state index contributed by atoms with van der Waals surface area (Å²) in [4.78, 5) is 0. The van der Waals surface area contributed by atoms with Gasteiger partial charge in [0.05, 0.1) is 0 Å². The Morgan fingerprint density at radius 2 is 2.20 bits per heavy atom. The molecule has 1 heterocycles. The van der Waals surface area contributed by atoms with E-state index in [2.05, 4.69) is 34.5 Å². The highest BCUT2D eigenvalue weighted by molar-refractivity contribution is 7.12. The number of nitrogens with zero attached hydrogens (tertiary/aromatic N) is 2. The molecule has 3 heteroatoms. The molecule has 0 bridgehead atoms. The SMILES string of the molecule is c1cc(-c2nncs2)cc(C2CCC2)c1. The zero-order chi connectivity index (χ0) is 10.1. The van der Waals surface area contributed by atoms with Crippen LogP contribution in [0.4, 0.5) is 0 Å². The Morgan fingerprint density at radius 1 is 1.27 bits per heavy atom. The van der Waals surface area contributed by atoms with Crippen LogP contribution in [0.15, 0.2) is 29.8 Å². The minimum atomic E-state index is 0.790. The van der Waals surface area contributed by atoms with Crippen LogP contribution in [0.25, 0.3) is 10.6 Å². The van der Waals surface area contributed by atoms with Gasteiger partial charge in [0.25, 0.3) is 0 Å². The summed E-state index contributed by atoms with van der Waals surface area (Å²) < 4.78 is 0. The van der Waals surface area contributed by atoms with Crippen molar-refractivity contribution in [3.63, 3.8) is 0 Å². The summed E-state index contributed by atoms with van der Waals surface area (Å²) >= 11 is 1.60. The second kappa shape index (κ2) is 3.74. The number of rotatable bonds is 2. The van der Waals surface area contributed by atoms with Crippen molar-refractivity contribution in [3.8, 4) is 10.6 Å². The molecule has 0 radical (unpaired) electrons. The Kier molecular flexibility index (Phi) is 2.25. The Bertz CT molecular complexity index is 446. The maximum Gasteiger partial charge on any atom is 0.147 e. The fraction of sp³-hybridized carbons (Fsp3) is 0.333. The van der Waals surface area contributed by atoms with Crippen molar-refractivity contribution in [1.29, 1.82) is 0 Å². The van der Waals surface area contributed by atoms with E-state index in [4.69, 9.17) is 0 Å². The van der Waals surface area contributed by atoms with Gasteiger partial charge in [-0.15, -0.1) is 10.2 Å². The van der Waals surface area contributed by atoms with Crippen LogP contribution in [0.3, 0.4) is 0 Å². The van der Waals surface area contributed by atoms with Crippen LogP contribution in [0.2, 0.25) is 0 Å². The smallest absolute Gasteiger partial charge is 0.147 e. The summed E-state index contributed by atoms with van der Waals surface area (Å²) in [6, 6.07) is 8.74. The van der Waals surface area contributed by atoms with Crippen molar-refractivity contribution in [1.82, 2.24) is 10.2 Å². The van der Waals surface area contributed by atoms with Crippen LogP contribution < -0.4 is 0 Å². The van der Waals surface area contributed by atoms with E-state index in [0.717, 1.165) is 10.9 Å². The van der Waals surface area contributed by atoms with Crippen LogP contribution in [-0.2, 0) is 0 Å². The number of hydrogen-bond acceptors (Lipinski definition) is 3. The third-order valence-corrected chi connectivity index (χ3v) is 3.81. The summed E-state index contributed by atoms with van der Waals surface area (Å²) in [5, 5.41) is 9.00. The minimum absolute atomic E-state index is 0.790. The lowest BCUT2D eigenvalue weighted by Gasteiger charge is -2.25. The molecule has 0 spiro atoms.